The molecule has 0 fully saturated rings. The average molecular weight is 408 g/mol. The quantitative estimate of drug-likeness (QED) is 0.368. The molecule has 158 valence electrons. The summed E-state index contributed by atoms with van der Waals surface area (Å²) in [4.78, 5) is 25.5. The third-order valence-corrected chi connectivity index (χ3v) is 4.50. The molecule has 1 aliphatic rings. The lowest BCUT2D eigenvalue weighted by molar-refractivity contribution is -0.138. The third-order valence-electron chi connectivity index (χ3n) is 4.50. The lowest BCUT2D eigenvalue weighted by Crippen LogP contribution is -2.40. The van der Waals surface area contributed by atoms with E-state index < -0.39 is 5.41 Å². The molecule has 0 saturated heterocycles. The van der Waals surface area contributed by atoms with Crippen LogP contribution in [0, 0.1) is 0 Å². The molecule has 30 heavy (non-hydrogen) atoms. The minimum Gasteiger partial charge on any atom is -0.462 e. The predicted molar refractivity (Wildman–Crippen MR) is 120 cm³/mol. The summed E-state index contributed by atoms with van der Waals surface area (Å²) in [5.74, 6) is 5.60. The van der Waals surface area contributed by atoms with Crippen molar-refractivity contribution in [3.63, 3.8) is 0 Å². The van der Waals surface area contributed by atoms with E-state index in [1.165, 1.54) is 10.4 Å². The maximum Gasteiger partial charge on any atom is 0.293 e. The Bertz CT molecular complexity index is 944. The van der Waals surface area contributed by atoms with Crippen molar-refractivity contribution < 1.29 is 14.3 Å². The van der Waals surface area contributed by atoms with E-state index in [9.17, 15) is 9.59 Å². The Labute approximate surface area is 177 Å². The minimum atomic E-state index is -0.481. The first kappa shape index (κ1) is 23.0. The van der Waals surface area contributed by atoms with Crippen molar-refractivity contribution in [2.45, 2.75) is 45.6 Å². The Morgan fingerprint density at radius 3 is 2.17 bits per heavy atom. The maximum absolute atomic E-state index is 11.7. The number of benzene rings is 2. The first-order valence-electron chi connectivity index (χ1n) is 9.68. The van der Waals surface area contributed by atoms with Gasteiger partial charge >= 0.3 is 0 Å². The molecule has 4 rings (SSSR count). The molecule has 1 aliphatic heterocycles. The number of carbonyl (C=O) groups excluding carboxylic acids is 2. The number of pyridine rings is 1. The molecule has 0 unspecified atom stereocenters. The number of fused-ring (bicyclic) bond motifs is 2. The van der Waals surface area contributed by atoms with Gasteiger partial charge in [0.15, 0.2) is 0 Å². The van der Waals surface area contributed by atoms with Gasteiger partial charge in [0, 0.05) is 11.6 Å². The largest absolute Gasteiger partial charge is 0.462 e. The highest BCUT2D eigenvalue weighted by molar-refractivity contribution is 6.06. The molecule has 6 heteroatoms. The number of anilines is 1. The first-order chi connectivity index (χ1) is 14.1. The second-order valence-corrected chi connectivity index (χ2v) is 8.34. The number of para-hydroxylation sites is 2. The zero-order valence-corrected chi connectivity index (χ0v) is 18.1. The zero-order valence-electron chi connectivity index (χ0n) is 18.1. The highest BCUT2D eigenvalue weighted by Gasteiger charge is 2.42. The Morgan fingerprint density at radius 2 is 1.60 bits per heavy atom. The van der Waals surface area contributed by atoms with E-state index >= 15 is 0 Å². The fourth-order valence-corrected chi connectivity index (χ4v) is 2.90. The van der Waals surface area contributed by atoms with Gasteiger partial charge in [-0.15, -0.1) is 0 Å². The summed E-state index contributed by atoms with van der Waals surface area (Å²) in [5, 5.41) is 2.43. The predicted octanol–water partition coefficient (Wildman–Crippen LogP) is 4.38. The molecule has 2 heterocycles. The van der Waals surface area contributed by atoms with Crippen LogP contribution in [0.25, 0.3) is 10.9 Å². The molecule has 0 bridgehead atoms. The lowest BCUT2D eigenvalue weighted by Gasteiger charge is -2.15. The fraction of sp³-hybridized carbons (Fsp3) is 0.292. The van der Waals surface area contributed by atoms with Crippen molar-refractivity contribution in [2.24, 2.45) is 5.84 Å². The van der Waals surface area contributed by atoms with E-state index in [1.807, 2.05) is 89.3 Å². The second-order valence-electron chi connectivity index (χ2n) is 8.34. The van der Waals surface area contributed by atoms with Gasteiger partial charge in [-0.3, -0.25) is 14.6 Å². The van der Waals surface area contributed by atoms with E-state index in [2.05, 4.69) is 21.9 Å². The molecule has 0 spiro atoms. The first-order valence-corrected chi connectivity index (χ1v) is 9.68. The molecule has 6 nitrogen and oxygen atoms in total. The zero-order chi connectivity index (χ0) is 22.4. The molecule has 0 atom stereocenters. The standard InChI is InChI=1S/C10H12N2O.C9H7N.C5H10O2/c1-10(2)7-5-3-4-6-8(7)12(11)9(10)13;1-2-6-9-8(4-1)5-3-7-10-9;1-5(2,3)7-4-6/h3-6H,11H2,1-2H3;1-7H;4H,1-3H3. The van der Waals surface area contributed by atoms with Crippen LogP contribution in [-0.2, 0) is 19.7 Å². The summed E-state index contributed by atoms with van der Waals surface area (Å²) in [6.07, 6.45) is 1.81. The van der Waals surface area contributed by atoms with Gasteiger partial charge in [-0.25, -0.2) is 10.9 Å². The van der Waals surface area contributed by atoms with E-state index in [1.54, 1.807) is 0 Å². The van der Waals surface area contributed by atoms with Crippen molar-refractivity contribution in [3.8, 4) is 0 Å². The van der Waals surface area contributed by atoms with E-state index in [-0.39, 0.29) is 11.5 Å². The van der Waals surface area contributed by atoms with Crippen molar-refractivity contribution in [3.05, 3.63) is 72.4 Å². The van der Waals surface area contributed by atoms with Gasteiger partial charge in [0.2, 0.25) is 0 Å². The fourth-order valence-electron chi connectivity index (χ4n) is 2.90. The van der Waals surface area contributed by atoms with Gasteiger partial charge < -0.3 is 4.74 Å². The Morgan fingerprint density at radius 1 is 1.00 bits per heavy atom. The molecule has 0 radical (unpaired) electrons. The smallest absolute Gasteiger partial charge is 0.293 e. The third kappa shape index (κ3) is 5.64. The van der Waals surface area contributed by atoms with Crippen LogP contribution >= 0.6 is 0 Å². The van der Waals surface area contributed by atoms with Crippen LogP contribution in [0.15, 0.2) is 66.9 Å². The highest BCUT2D eigenvalue weighted by Crippen LogP contribution is 2.39. The molecule has 0 saturated carbocycles. The number of nitrogens with zero attached hydrogens (tertiary/aromatic N) is 2. The summed E-state index contributed by atoms with van der Waals surface area (Å²) in [6.45, 7) is 9.70. The second kappa shape index (κ2) is 9.50. The number of aromatic nitrogens is 1. The number of carbonyl (C=O) groups is 2. The number of amides is 1. The van der Waals surface area contributed by atoms with E-state index in [0.717, 1.165) is 16.8 Å². The normalized spacial score (nSPS) is 14.1. The van der Waals surface area contributed by atoms with Crippen molar-refractivity contribution in [1.29, 1.82) is 0 Å². The Balaban J connectivity index is 0.000000169. The number of ether oxygens (including phenoxy) is 1. The average Bonchev–Trinajstić information content (AvgIpc) is 2.89. The van der Waals surface area contributed by atoms with Gasteiger partial charge in [0.05, 0.1) is 16.6 Å². The SMILES string of the molecule is CC(C)(C)OC=O.CC1(C)C(=O)N(N)c2ccccc21.c1ccc2ncccc2c1. The van der Waals surface area contributed by atoms with Crippen LogP contribution in [-0.4, -0.2) is 23.0 Å². The summed E-state index contributed by atoms with van der Waals surface area (Å²) in [7, 11) is 0. The van der Waals surface area contributed by atoms with Crippen LogP contribution in [0.5, 0.6) is 0 Å². The van der Waals surface area contributed by atoms with Gasteiger partial charge in [-0.05, 0) is 58.4 Å². The van der Waals surface area contributed by atoms with Crippen LogP contribution < -0.4 is 10.9 Å². The van der Waals surface area contributed by atoms with Crippen LogP contribution in [0.2, 0.25) is 0 Å². The molecule has 2 N–H and O–H groups in total. The van der Waals surface area contributed by atoms with Crippen LogP contribution in [0.4, 0.5) is 5.69 Å². The summed E-state index contributed by atoms with van der Waals surface area (Å²) >= 11 is 0. The maximum atomic E-state index is 11.7. The van der Waals surface area contributed by atoms with Gasteiger partial charge in [0.1, 0.15) is 5.60 Å². The number of hydrogen-bond acceptors (Lipinski definition) is 5. The van der Waals surface area contributed by atoms with Crippen molar-refractivity contribution in [2.75, 3.05) is 5.01 Å². The molecule has 1 amide bonds. The van der Waals surface area contributed by atoms with Gasteiger partial charge in [-0.2, -0.15) is 0 Å². The van der Waals surface area contributed by atoms with E-state index in [0.29, 0.717) is 6.47 Å². The molecule has 1 aromatic heterocycles. The highest BCUT2D eigenvalue weighted by atomic mass is 16.5. The van der Waals surface area contributed by atoms with Crippen molar-refractivity contribution >= 4 is 29.0 Å². The molecular weight excluding hydrogens is 378 g/mol. The summed E-state index contributed by atoms with van der Waals surface area (Å²) < 4.78 is 4.55. The number of rotatable bonds is 1. The summed E-state index contributed by atoms with van der Waals surface area (Å²) in [6, 6.07) is 19.7. The Kier molecular flexibility index (Phi) is 7.29. The lowest BCUT2D eigenvalue weighted by atomic mass is 9.86. The monoisotopic (exact) mass is 407 g/mol. The summed E-state index contributed by atoms with van der Waals surface area (Å²) in [5.41, 5.74) is 2.08. The van der Waals surface area contributed by atoms with Crippen LogP contribution in [0.3, 0.4) is 0 Å². The van der Waals surface area contributed by atoms with Crippen molar-refractivity contribution in [1.82, 2.24) is 4.98 Å². The molecular formula is C24H29N3O3. The molecule has 3 aromatic rings. The minimum absolute atomic E-state index is 0.0475. The number of hydrogen-bond donors (Lipinski definition) is 1. The van der Waals surface area contributed by atoms with Crippen LogP contribution in [0.1, 0.15) is 40.2 Å². The topological polar surface area (TPSA) is 85.5 Å². The molecule has 0 aliphatic carbocycles. The van der Waals surface area contributed by atoms with Gasteiger partial charge in [-0.1, -0.05) is 42.5 Å². The molecule has 2 aromatic carbocycles. The number of hydrazine groups is 1. The van der Waals surface area contributed by atoms with E-state index in [4.69, 9.17) is 5.84 Å². The number of nitrogens with two attached hydrogens (primary N) is 1. The van der Waals surface area contributed by atoms with Gasteiger partial charge in [0.25, 0.3) is 12.4 Å². The Hall–Kier alpha value is -3.25.